The van der Waals surface area contributed by atoms with Crippen LogP contribution >= 0.6 is 11.6 Å². The lowest BCUT2D eigenvalue weighted by Gasteiger charge is -2.11. The largest absolute Gasteiger partial charge is 0.494 e. The Morgan fingerprint density at radius 1 is 1.00 bits per heavy atom. The molecule has 0 aliphatic carbocycles. The number of nitrogens with one attached hydrogen (secondary N) is 3. The average molecular weight is 648 g/mol. The number of imidazole rings is 1. The Hall–Kier alpha value is -4.61. The molecule has 12 heteroatoms. The average Bonchev–Trinajstić information content (AvgIpc) is 3.63. The summed E-state index contributed by atoms with van der Waals surface area (Å²) in [5, 5.41) is 4.13. The summed E-state index contributed by atoms with van der Waals surface area (Å²) in [5.74, 6) is -0.900. The number of nitrogens with zero attached hydrogens (tertiary/aromatic N) is 2. The monoisotopic (exact) mass is 647 g/mol. The van der Waals surface area contributed by atoms with Gasteiger partial charge in [0.25, 0.3) is 11.8 Å². The second-order valence-electron chi connectivity index (χ2n) is 10.7. The predicted molar refractivity (Wildman–Crippen MR) is 174 cm³/mol. The van der Waals surface area contributed by atoms with E-state index < -0.39 is 27.6 Å². The van der Waals surface area contributed by atoms with Crippen LogP contribution in [0.5, 0.6) is 5.75 Å². The van der Waals surface area contributed by atoms with Gasteiger partial charge < -0.3 is 19.6 Å². The number of sulfonamides is 1. The molecule has 0 spiro atoms. The van der Waals surface area contributed by atoms with Crippen molar-refractivity contribution in [2.75, 3.05) is 18.9 Å². The molecule has 5 aromatic rings. The van der Waals surface area contributed by atoms with Crippen LogP contribution < -0.4 is 14.8 Å². The number of benzene rings is 3. The molecule has 2 aromatic heterocycles. The Balaban J connectivity index is 1.18. The van der Waals surface area contributed by atoms with Gasteiger partial charge in [-0.3, -0.25) is 9.59 Å². The van der Waals surface area contributed by atoms with Gasteiger partial charge in [-0.25, -0.2) is 18.1 Å². The van der Waals surface area contributed by atoms with E-state index in [-0.39, 0.29) is 18.1 Å². The van der Waals surface area contributed by atoms with Crippen molar-refractivity contribution in [3.8, 4) is 5.75 Å². The van der Waals surface area contributed by atoms with Gasteiger partial charge in [-0.05, 0) is 67.1 Å². The third kappa shape index (κ3) is 7.92. The van der Waals surface area contributed by atoms with Gasteiger partial charge >= 0.3 is 0 Å². The molecule has 0 atom stereocenters. The first kappa shape index (κ1) is 31.8. The van der Waals surface area contributed by atoms with Crippen molar-refractivity contribution in [2.24, 2.45) is 0 Å². The first-order valence-corrected chi connectivity index (χ1v) is 16.5. The number of aryl methyl sites for hydroxylation is 3. The molecule has 5 rings (SSSR count). The van der Waals surface area contributed by atoms with Gasteiger partial charge in [-0.1, -0.05) is 60.1 Å². The van der Waals surface area contributed by atoms with Gasteiger partial charge in [0, 0.05) is 41.4 Å². The van der Waals surface area contributed by atoms with Crippen LogP contribution in [0.4, 0.5) is 0 Å². The number of halogens is 1. The minimum Gasteiger partial charge on any atom is -0.494 e. The number of para-hydroxylation sites is 1. The maximum absolute atomic E-state index is 13.2. The van der Waals surface area contributed by atoms with Crippen LogP contribution in [0.3, 0.4) is 0 Å². The highest BCUT2D eigenvalue weighted by Gasteiger charge is 2.23. The van der Waals surface area contributed by atoms with Gasteiger partial charge in [0.15, 0.2) is 5.82 Å². The van der Waals surface area contributed by atoms with E-state index in [1.165, 1.54) is 6.20 Å². The van der Waals surface area contributed by atoms with E-state index in [1.54, 1.807) is 10.8 Å². The molecular weight excluding hydrogens is 614 g/mol. The Morgan fingerprint density at radius 3 is 2.47 bits per heavy atom. The molecule has 10 nitrogen and oxygen atoms in total. The lowest BCUT2D eigenvalue weighted by atomic mass is 10.1. The van der Waals surface area contributed by atoms with E-state index in [2.05, 4.69) is 20.0 Å². The van der Waals surface area contributed by atoms with E-state index in [0.717, 1.165) is 27.6 Å². The lowest BCUT2D eigenvalue weighted by molar-refractivity contribution is 0.0941. The van der Waals surface area contributed by atoms with E-state index in [1.807, 2.05) is 80.6 Å². The predicted octanol–water partition coefficient (Wildman–Crippen LogP) is 5.18. The van der Waals surface area contributed by atoms with Crippen LogP contribution in [0.25, 0.3) is 10.9 Å². The van der Waals surface area contributed by atoms with Crippen molar-refractivity contribution in [1.82, 2.24) is 24.6 Å². The fourth-order valence-corrected chi connectivity index (χ4v) is 6.10. The highest BCUT2D eigenvalue weighted by Crippen LogP contribution is 2.27. The van der Waals surface area contributed by atoms with Crippen molar-refractivity contribution in [3.05, 3.63) is 118 Å². The molecule has 0 aliphatic rings. The van der Waals surface area contributed by atoms with Crippen molar-refractivity contribution in [1.29, 1.82) is 0 Å². The van der Waals surface area contributed by atoms with Crippen LogP contribution in [0.15, 0.2) is 79.1 Å². The van der Waals surface area contributed by atoms with E-state index in [0.29, 0.717) is 42.3 Å². The molecule has 2 heterocycles. The number of fused-ring (bicyclic) bond motifs is 1. The van der Waals surface area contributed by atoms with Crippen molar-refractivity contribution < 1.29 is 22.7 Å². The smallest absolute Gasteiger partial charge is 0.287 e. The van der Waals surface area contributed by atoms with Gasteiger partial charge in [0.05, 0.1) is 12.4 Å². The Morgan fingerprint density at radius 2 is 1.71 bits per heavy atom. The summed E-state index contributed by atoms with van der Waals surface area (Å²) in [7, 11) is -4.08. The van der Waals surface area contributed by atoms with Crippen LogP contribution in [0.2, 0.25) is 5.02 Å². The molecule has 0 aliphatic heterocycles. The SMILES string of the molecule is Cc1cc(OCCCc2c(C(=O)NS(=O)(=O)CCNC(=O)c3nccn3Cc3ccccc3)[nH]c3ccccc23)cc(C)c1Cl. The molecule has 0 saturated carbocycles. The minimum absolute atomic E-state index is 0.160. The van der Waals surface area contributed by atoms with E-state index in [9.17, 15) is 18.0 Å². The zero-order valence-corrected chi connectivity index (χ0v) is 26.5. The molecule has 3 aromatic carbocycles. The van der Waals surface area contributed by atoms with E-state index >= 15 is 0 Å². The van der Waals surface area contributed by atoms with E-state index in [4.69, 9.17) is 16.3 Å². The van der Waals surface area contributed by atoms with Gasteiger partial charge in [0.1, 0.15) is 11.4 Å². The molecule has 234 valence electrons. The molecule has 0 fully saturated rings. The van der Waals surface area contributed by atoms with Gasteiger partial charge in [-0.15, -0.1) is 0 Å². The van der Waals surface area contributed by atoms with Gasteiger partial charge in [-0.2, -0.15) is 0 Å². The molecule has 0 unspecified atom stereocenters. The maximum atomic E-state index is 13.2. The number of amides is 2. The second-order valence-corrected chi connectivity index (χ2v) is 12.9. The van der Waals surface area contributed by atoms with Crippen molar-refractivity contribution >= 4 is 44.3 Å². The number of ether oxygens (including phenoxy) is 1. The summed E-state index contributed by atoms with van der Waals surface area (Å²) >= 11 is 6.26. The molecule has 3 N–H and O–H groups in total. The number of H-pyrrole nitrogens is 1. The first-order chi connectivity index (χ1) is 21.6. The highest BCUT2D eigenvalue weighted by molar-refractivity contribution is 7.90. The molecular formula is C33H34ClN5O5S. The number of aromatic amines is 1. The zero-order chi connectivity index (χ0) is 32.0. The van der Waals surface area contributed by atoms with Crippen molar-refractivity contribution in [3.63, 3.8) is 0 Å². The summed E-state index contributed by atoms with van der Waals surface area (Å²) in [6.45, 7) is 4.47. The third-order valence-corrected chi connectivity index (χ3v) is 9.14. The number of carbonyl (C=O) groups excluding carboxylic acids is 2. The van der Waals surface area contributed by atoms with Gasteiger partial charge in [0.2, 0.25) is 10.0 Å². The fraction of sp³-hybridized carbons (Fsp3) is 0.242. The maximum Gasteiger partial charge on any atom is 0.287 e. The summed E-state index contributed by atoms with van der Waals surface area (Å²) in [5.41, 5.74) is 4.44. The zero-order valence-electron chi connectivity index (χ0n) is 25.0. The quantitative estimate of drug-likeness (QED) is 0.151. The molecule has 45 heavy (non-hydrogen) atoms. The molecule has 0 bridgehead atoms. The molecule has 2 amide bonds. The topological polar surface area (TPSA) is 135 Å². The summed E-state index contributed by atoms with van der Waals surface area (Å²) in [6, 6.07) is 20.8. The van der Waals surface area contributed by atoms with Crippen molar-refractivity contribution in [2.45, 2.75) is 33.2 Å². The van der Waals surface area contributed by atoms with Crippen LogP contribution in [-0.4, -0.2) is 53.7 Å². The third-order valence-electron chi connectivity index (χ3n) is 7.31. The van der Waals surface area contributed by atoms with Crippen LogP contribution in [0, 0.1) is 13.8 Å². The highest BCUT2D eigenvalue weighted by atomic mass is 35.5. The summed E-state index contributed by atoms with van der Waals surface area (Å²) in [4.78, 5) is 33.2. The Kier molecular flexibility index (Phi) is 9.90. The second kappa shape index (κ2) is 14.0. The number of hydrogen-bond donors (Lipinski definition) is 3. The summed E-state index contributed by atoms with van der Waals surface area (Å²) in [6.07, 6.45) is 4.26. The van der Waals surface area contributed by atoms with Crippen LogP contribution in [-0.2, 0) is 23.0 Å². The Labute approximate surface area is 266 Å². The number of aromatic nitrogens is 3. The fourth-order valence-electron chi connectivity index (χ4n) is 5.13. The Bertz CT molecular complexity index is 1910. The first-order valence-electron chi connectivity index (χ1n) is 14.5. The molecule has 0 saturated heterocycles. The van der Waals surface area contributed by atoms with Crippen LogP contribution in [0.1, 0.15) is 49.8 Å². The minimum atomic E-state index is -4.08. The number of carbonyl (C=O) groups is 2. The lowest BCUT2D eigenvalue weighted by Crippen LogP contribution is -2.38. The standard InChI is InChI=1S/C33H34ClN5O5S/c1-22-19-25(20-23(2)29(22)34)44-17-8-12-27-26-11-6-7-13-28(26)37-30(27)32(40)38-45(42,43)18-15-36-33(41)31-35-14-16-39(31)21-24-9-4-3-5-10-24/h3-7,9-11,13-14,16,19-20,37H,8,12,15,17-18,21H2,1-2H3,(H,36,41)(H,38,40). The summed E-state index contributed by atoms with van der Waals surface area (Å²) < 4.78 is 35.5. The number of hydrogen-bond acceptors (Lipinski definition) is 6. The normalized spacial score (nSPS) is 11.4. The molecule has 0 radical (unpaired) electrons. The number of rotatable bonds is 13.